The van der Waals surface area contributed by atoms with Crippen molar-refractivity contribution in [3.8, 4) is 5.75 Å². The maximum Gasteiger partial charge on any atom is 0.199 e. The van der Waals surface area contributed by atoms with Gasteiger partial charge in [-0.05, 0) is 23.3 Å². The van der Waals surface area contributed by atoms with E-state index in [1.807, 2.05) is 61.5 Å². The summed E-state index contributed by atoms with van der Waals surface area (Å²) in [6.45, 7) is 6.37. The molecule has 2 rings (SSSR count). The van der Waals surface area contributed by atoms with Gasteiger partial charge >= 0.3 is 0 Å². The quantitative estimate of drug-likeness (QED) is 0.680. The Kier molecular flexibility index (Phi) is 5.39. The Balaban J connectivity index is 1.93. The van der Waals surface area contributed by atoms with Crippen LogP contribution in [0.4, 0.5) is 0 Å². The fourth-order valence-corrected chi connectivity index (χ4v) is 1.87. The van der Waals surface area contributed by atoms with Crippen LogP contribution in [-0.4, -0.2) is 6.29 Å². The van der Waals surface area contributed by atoms with Crippen molar-refractivity contribution in [2.75, 3.05) is 0 Å². The second-order valence-electron chi connectivity index (χ2n) is 4.53. The van der Waals surface area contributed by atoms with Crippen molar-refractivity contribution in [2.24, 2.45) is 0 Å². The molecule has 0 saturated carbocycles. The molecule has 0 aliphatic carbocycles. The minimum absolute atomic E-state index is 0.240. The van der Waals surface area contributed by atoms with E-state index < -0.39 is 0 Å². The van der Waals surface area contributed by atoms with Crippen LogP contribution in [0, 0.1) is 0 Å². The van der Waals surface area contributed by atoms with Gasteiger partial charge in [0, 0.05) is 6.42 Å². The predicted molar refractivity (Wildman–Crippen MR) is 82.5 cm³/mol. The molecule has 0 saturated heterocycles. The van der Waals surface area contributed by atoms with Gasteiger partial charge in [0.2, 0.25) is 0 Å². The molecule has 0 radical (unpaired) electrons. The maximum absolute atomic E-state index is 5.86. The summed E-state index contributed by atoms with van der Waals surface area (Å²) >= 11 is 0. The summed E-state index contributed by atoms with van der Waals surface area (Å²) in [5, 5.41) is 0. The highest BCUT2D eigenvalue weighted by Crippen LogP contribution is 2.17. The number of hydrogen-bond donors (Lipinski definition) is 0. The first-order valence-electron chi connectivity index (χ1n) is 6.86. The Hall–Kier alpha value is -2.06. The molecule has 0 aromatic heterocycles. The molecular weight excluding hydrogens is 248 g/mol. The highest BCUT2D eigenvalue weighted by atomic mass is 16.7. The van der Waals surface area contributed by atoms with E-state index in [-0.39, 0.29) is 6.29 Å². The third kappa shape index (κ3) is 4.25. The lowest BCUT2D eigenvalue weighted by molar-refractivity contribution is -0.0905. The standard InChI is InChI=1S/C18H20O2/c1-3-15-11-8-12-17(13-15)20-18(4-2)19-14-16-9-6-5-7-10-16/h3,5-13,18H,1,4,14H2,2H3. The zero-order valence-corrected chi connectivity index (χ0v) is 11.8. The molecule has 0 fully saturated rings. The minimum Gasteiger partial charge on any atom is -0.465 e. The third-order valence-corrected chi connectivity index (χ3v) is 2.97. The highest BCUT2D eigenvalue weighted by Gasteiger charge is 2.08. The van der Waals surface area contributed by atoms with Crippen molar-refractivity contribution >= 4 is 6.08 Å². The van der Waals surface area contributed by atoms with Crippen LogP contribution in [0.3, 0.4) is 0 Å². The van der Waals surface area contributed by atoms with Crippen LogP contribution in [0.2, 0.25) is 0 Å². The van der Waals surface area contributed by atoms with E-state index in [0.29, 0.717) is 6.61 Å². The van der Waals surface area contributed by atoms with Gasteiger partial charge in [-0.15, -0.1) is 0 Å². The van der Waals surface area contributed by atoms with Crippen molar-refractivity contribution in [3.63, 3.8) is 0 Å². The molecule has 0 aliphatic heterocycles. The van der Waals surface area contributed by atoms with Gasteiger partial charge in [0.05, 0.1) is 6.61 Å². The second kappa shape index (κ2) is 7.51. The monoisotopic (exact) mass is 268 g/mol. The Bertz CT molecular complexity index is 534. The van der Waals surface area contributed by atoms with Crippen LogP contribution in [0.5, 0.6) is 5.75 Å². The Morgan fingerprint density at radius 2 is 1.90 bits per heavy atom. The smallest absolute Gasteiger partial charge is 0.199 e. The average molecular weight is 268 g/mol. The maximum atomic E-state index is 5.86. The van der Waals surface area contributed by atoms with Crippen LogP contribution in [-0.2, 0) is 11.3 Å². The van der Waals surface area contributed by atoms with Crippen molar-refractivity contribution in [3.05, 3.63) is 72.3 Å². The van der Waals surface area contributed by atoms with E-state index in [2.05, 4.69) is 6.58 Å². The van der Waals surface area contributed by atoms with Crippen LogP contribution in [0.25, 0.3) is 6.08 Å². The first-order chi connectivity index (χ1) is 9.81. The van der Waals surface area contributed by atoms with Crippen molar-refractivity contribution < 1.29 is 9.47 Å². The fraction of sp³-hybridized carbons (Fsp3) is 0.222. The molecule has 0 bridgehead atoms. The van der Waals surface area contributed by atoms with Gasteiger partial charge < -0.3 is 9.47 Å². The van der Waals surface area contributed by atoms with Gasteiger partial charge in [0.25, 0.3) is 0 Å². The molecule has 0 heterocycles. The lowest BCUT2D eigenvalue weighted by Crippen LogP contribution is -2.19. The summed E-state index contributed by atoms with van der Waals surface area (Å²) in [5.74, 6) is 0.808. The zero-order chi connectivity index (χ0) is 14.2. The first-order valence-corrected chi connectivity index (χ1v) is 6.86. The van der Waals surface area contributed by atoms with Crippen molar-refractivity contribution in [2.45, 2.75) is 26.2 Å². The average Bonchev–Trinajstić information content (AvgIpc) is 2.52. The fourth-order valence-electron chi connectivity index (χ4n) is 1.87. The summed E-state index contributed by atoms with van der Waals surface area (Å²) in [6, 6.07) is 17.9. The molecule has 0 aliphatic rings. The van der Waals surface area contributed by atoms with Crippen LogP contribution in [0.15, 0.2) is 61.2 Å². The molecule has 1 atom stereocenters. The predicted octanol–water partition coefficient (Wildman–Crippen LogP) is 4.66. The highest BCUT2D eigenvalue weighted by molar-refractivity contribution is 5.49. The molecule has 2 nitrogen and oxygen atoms in total. The van der Waals surface area contributed by atoms with Gasteiger partial charge in [0.15, 0.2) is 6.29 Å². The number of ether oxygens (including phenoxy) is 2. The number of benzene rings is 2. The normalized spacial score (nSPS) is 11.8. The van der Waals surface area contributed by atoms with Crippen molar-refractivity contribution in [1.29, 1.82) is 0 Å². The van der Waals surface area contributed by atoms with Gasteiger partial charge in [-0.2, -0.15) is 0 Å². The molecular formula is C18H20O2. The first kappa shape index (κ1) is 14.4. The van der Waals surface area contributed by atoms with Crippen LogP contribution >= 0.6 is 0 Å². The van der Waals surface area contributed by atoms with Gasteiger partial charge in [0.1, 0.15) is 5.75 Å². The molecule has 0 amide bonds. The van der Waals surface area contributed by atoms with Gasteiger partial charge in [-0.1, -0.05) is 62.0 Å². The van der Waals surface area contributed by atoms with E-state index >= 15 is 0 Å². The molecule has 2 heteroatoms. The van der Waals surface area contributed by atoms with E-state index in [1.54, 1.807) is 6.08 Å². The summed E-state index contributed by atoms with van der Waals surface area (Å²) in [5.41, 5.74) is 2.19. The van der Waals surface area contributed by atoms with Crippen LogP contribution < -0.4 is 4.74 Å². The SMILES string of the molecule is C=Cc1cccc(OC(CC)OCc2ccccc2)c1. The summed E-state index contributed by atoms with van der Waals surface area (Å²) in [4.78, 5) is 0. The summed E-state index contributed by atoms with van der Waals surface area (Å²) < 4.78 is 11.7. The second-order valence-corrected chi connectivity index (χ2v) is 4.53. The zero-order valence-electron chi connectivity index (χ0n) is 11.8. The molecule has 20 heavy (non-hydrogen) atoms. The lowest BCUT2D eigenvalue weighted by atomic mass is 10.2. The topological polar surface area (TPSA) is 18.5 Å². The molecule has 2 aromatic carbocycles. The molecule has 0 N–H and O–H groups in total. The van der Waals surface area contributed by atoms with Crippen LogP contribution in [0.1, 0.15) is 24.5 Å². The largest absolute Gasteiger partial charge is 0.465 e. The van der Waals surface area contributed by atoms with E-state index in [4.69, 9.17) is 9.47 Å². The molecule has 2 aromatic rings. The Labute approximate surface area is 120 Å². The molecule has 0 spiro atoms. The minimum atomic E-state index is -0.240. The third-order valence-electron chi connectivity index (χ3n) is 2.97. The molecule has 104 valence electrons. The van der Waals surface area contributed by atoms with Gasteiger partial charge in [-0.3, -0.25) is 0 Å². The van der Waals surface area contributed by atoms with E-state index in [9.17, 15) is 0 Å². The van der Waals surface area contributed by atoms with Crippen molar-refractivity contribution in [1.82, 2.24) is 0 Å². The Morgan fingerprint density at radius 1 is 1.10 bits per heavy atom. The molecule has 1 unspecified atom stereocenters. The Morgan fingerprint density at radius 3 is 2.60 bits per heavy atom. The van der Waals surface area contributed by atoms with Gasteiger partial charge in [-0.25, -0.2) is 0 Å². The number of rotatable bonds is 7. The summed E-state index contributed by atoms with van der Waals surface area (Å²) in [7, 11) is 0. The summed E-state index contributed by atoms with van der Waals surface area (Å²) in [6.07, 6.45) is 2.36. The lowest BCUT2D eigenvalue weighted by Gasteiger charge is -2.18. The van der Waals surface area contributed by atoms with E-state index in [0.717, 1.165) is 23.3 Å². The van der Waals surface area contributed by atoms with E-state index in [1.165, 1.54) is 0 Å². The number of hydrogen-bond acceptors (Lipinski definition) is 2.